The zero-order valence-corrected chi connectivity index (χ0v) is 14.2. The van der Waals surface area contributed by atoms with Gasteiger partial charge in [-0.2, -0.15) is 5.10 Å². The van der Waals surface area contributed by atoms with E-state index in [4.69, 9.17) is 11.6 Å². The number of aryl methyl sites for hydroxylation is 1. The number of imidazole rings is 1. The summed E-state index contributed by atoms with van der Waals surface area (Å²) >= 11 is 6.43. The molecule has 2 amide bonds. The number of rotatable bonds is 4. The van der Waals surface area contributed by atoms with Crippen LogP contribution in [0.15, 0.2) is 42.7 Å². The molecule has 0 radical (unpaired) electrons. The smallest absolute Gasteiger partial charge is 0.315 e. The molecule has 1 aromatic carbocycles. The minimum absolute atomic E-state index is 0.271. The van der Waals surface area contributed by atoms with Crippen molar-refractivity contribution in [1.29, 1.82) is 0 Å². The molecule has 2 aromatic heterocycles. The summed E-state index contributed by atoms with van der Waals surface area (Å²) in [6, 6.07) is 8.61. The second kappa shape index (κ2) is 6.88. The number of nitrogens with one attached hydrogen (secondary N) is 2. The Labute approximate surface area is 144 Å². The van der Waals surface area contributed by atoms with Crippen LogP contribution in [0.3, 0.4) is 0 Å². The van der Waals surface area contributed by atoms with Crippen molar-refractivity contribution in [3.8, 4) is 0 Å². The summed E-state index contributed by atoms with van der Waals surface area (Å²) < 4.78 is 1.71. The van der Waals surface area contributed by atoms with Gasteiger partial charge in [0.1, 0.15) is 6.04 Å². The van der Waals surface area contributed by atoms with Crippen LogP contribution < -0.4 is 10.6 Å². The standard InChI is InChI=1S/C17H18ClN5O/c1-3-19-17(24)22-16(15-11(2)6-4-7-12(15)18)13-10-20-14-8-5-9-21-23(13)14/h4-10,16H,3H2,1-2H3,(H2,19,22,24). The highest BCUT2D eigenvalue weighted by Gasteiger charge is 2.24. The molecule has 24 heavy (non-hydrogen) atoms. The number of nitrogens with zero attached hydrogens (tertiary/aromatic N) is 3. The Bertz CT molecular complexity index is 856. The molecule has 6 nitrogen and oxygen atoms in total. The lowest BCUT2D eigenvalue weighted by Crippen LogP contribution is -2.39. The molecule has 0 fully saturated rings. The van der Waals surface area contributed by atoms with Crippen LogP contribution >= 0.6 is 11.6 Å². The van der Waals surface area contributed by atoms with Crippen molar-refractivity contribution in [1.82, 2.24) is 25.2 Å². The Morgan fingerprint density at radius 1 is 1.33 bits per heavy atom. The fraction of sp³-hybridized carbons (Fsp3) is 0.235. The molecule has 0 saturated heterocycles. The molecule has 0 aliphatic heterocycles. The van der Waals surface area contributed by atoms with Crippen molar-refractivity contribution >= 4 is 23.3 Å². The van der Waals surface area contributed by atoms with Gasteiger partial charge < -0.3 is 10.6 Å². The normalized spacial score (nSPS) is 12.1. The average Bonchev–Trinajstić information content (AvgIpc) is 2.98. The predicted octanol–water partition coefficient (Wildman–Crippen LogP) is 3.10. The monoisotopic (exact) mass is 343 g/mol. The number of carbonyl (C=O) groups excluding carboxylic acids is 1. The number of amides is 2. The highest BCUT2D eigenvalue weighted by molar-refractivity contribution is 6.31. The van der Waals surface area contributed by atoms with Crippen LogP contribution in [0.1, 0.15) is 29.8 Å². The average molecular weight is 344 g/mol. The summed E-state index contributed by atoms with van der Waals surface area (Å²) in [7, 11) is 0. The van der Waals surface area contributed by atoms with Crippen LogP contribution in [-0.2, 0) is 0 Å². The van der Waals surface area contributed by atoms with Crippen molar-refractivity contribution < 1.29 is 4.79 Å². The first kappa shape index (κ1) is 16.3. The lowest BCUT2D eigenvalue weighted by Gasteiger charge is -2.21. The van der Waals surface area contributed by atoms with Gasteiger partial charge in [0, 0.05) is 23.3 Å². The number of hydrogen-bond acceptors (Lipinski definition) is 3. The Balaban J connectivity index is 2.13. The second-order valence-corrected chi connectivity index (χ2v) is 5.79. The summed E-state index contributed by atoms with van der Waals surface area (Å²) in [4.78, 5) is 16.5. The van der Waals surface area contributed by atoms with Crippen LogP contribution in [-0.4, -0.2) is 27.2 Å². The molecule has 1 atom stereocenters. The van der Waals surface area contributed by atoms with E-state index in [0.717, 1.165) is 16.8 Å². The van der Waals surface area contributed by atoms with E-state index >= 15 is 0 Å². The summed E-state index contributed by atoms with van der Waals surface area (Å²) in [5.74, 6) is 0. The van der Waals surface area contributed by atoms with Crippen LogP contribution in [0.5, 0.6) is 0 Å². The zero-order chi connectivity index (χ0) is 17.1. The van der Waals surface area contributed by atoms with E-state index < -0.39 is 6.04 Å². The Morgan fingerprint density at radius 3 is 2.92 bits per heavy atom. The van der Waals surface area contributed by atoms with E-state index in [-0.39, 0.29) is 6.03 Å². The summed E-state index contributed by atoms with van der Waals surface area (Å²) in [6.45, 7) is 4.36. The van der Waals surface area contributed by atoms with E-state index in [1.54, 1.807) is 16.9 Å². The van der Waals surface area contributed by atoms with Crippen molar-refractivity contribution in [2.75, 3.05) is 6.54 Å². The fourth-order valence-electron chi connectivity index (χ4n) is 2.69. The summed E-state index contributed by atoms with van der Waals surface area (Å²) in [5, 5.41) is 10.7. The first-order chi connectivity index (χ1) is 11.6. The topological polar surface area (TPSA) is 71.3 Å². The van der Waals surface area contributed by atoms with E-state index in [1.807, 2.05) is 44.2 Å². The fourth-order valence-corrected chi connectivity index (χ4v) is 3.02. The molecule has 0 bridgehead atoms. The number of halogens is 1. The van der Waals surface area contributed by atoms with E-state index in [2.05, 4.69) is 20.7 Å². The minimum atomic E-state index is -0.463. The third-order valence-corrected chi connectivity index (χ3v) is 4.10. The van der Waals surface area contributed by atoms with E-state index in [1.165, 1.54) is 0 Å². The predicted molar refractivity (Wildman–Crippen MR) is 93.2 cm³/mol. The van der Waals surface area contributed by atoms with Crippen molar-refractivity contribution in [3.05, 3.63) is 64.6 Å². The maximum absolute atomic E-state index is 12.2. The lowest BCUT2D eigenvalue weighted by molar-refractivity contribution is 0.239. The number of carbonyl (C=O) groups is 1. The first-order valence-electron chi connectivity index (χ1n) is 7.70. The van der Waals surface area contributed by atoms with Gasteiger partial charge >= 0.3 is 6.03 Å². The lowest BCUT2D eigenvalue weighted by atomic mass is 9.99. The molecule has 0 aliphatic carbocycles. The van der Waals surface area contributed by atoms with Gasteiger partial charge in [-0.3, -0.25) is 0 Å². The number of hydrogen-bond donors (Lipinski definition) is 2. The first-order valence-corrected chi connectivity index (χ1v) is 8.07. The van der Waals surface area contributed by atoms with Gasteiger partial charge in [-0.15, -0.1) is 0 Å². The van der Waals surface area contributed by atoms with Crippen molar-refractivity contribution in [2.24, 2.45) is 0 Å². The van der Waals surface area contributed by atoms with Gasteiger partial charge in [0.2, 0.25) is 0 Å². The number of fused-ring (bicyclic) bond motifs is 1. The zero-order valence-electron chi connectivity index (χ0n) is 13.5. The number of urea groups is 1. The van der Waals surface area contributed by atoms with Crippen LogP contribution in [0.2, 0.25) is 5.02 Å². The van der Waals surface area contributed by atoms with Crippen molar-refractivity contribution in [2.45, 2.75) is 19.9 Å². The van der Waals surface area contributed by atoms with Gasteiger partial charge in [0.15, 0.2) is 5.65 Å². The van der Waals surface area contributed by atoms with E-state index in [0.29, 0.717) is 17.2 Å². The molecule has 2 N–H and O–H groups in total. The van der Waals surface area contributed by atoms with Crippen molar-refractivity contribution in [3.63, 3.8) is 0 Å². The van der Waals surface area contributed by atoms with Gasteiger partial charge in [0.25, 0.3) is 0 Å². The van der Waals surface area contributed by atoms with Gasteiger partial charge in [-0.1, -0.05) is 23.7 Å². The Morgan fingerprint density at radius 2 is 2.17 bits per heavy atom. The highest BCUT2D eigenvalue weighted by atomic mass is 35.5. The highest BCUT2D eigenvalue weighted by Crippen LogP contribution is 2.31. The summed E-state index contributed by atoms with van der Waals surface area (Å²) in [5.41, 5.74) is 3.26. The maximum Gasteiger partial charge on any atom is 0.315 e. The minimum Gasteiger partial charge on any atom is -0.338 e. The third kappa shape index (κ3) is 3.05. The molecule has 3 aromatic rings. The molecule has 124 valence electrons. The van der Waals surface area contributed by atoms with Crippen LogP contribution in [0, 0.1) is 6.92 Å². The molecule has 2 heterocycles. The second-order valence-electron chi connectivity index (χ2n) is 5.38. The van der Waals surface area contributed by atoms with Gasteiger partial charge in [-0.05, 0) is 37.6 Å². The maximum atomic E-state index is 12.2. The van der Waals surface area contributed by atoms with Gasteiger partial charge in [0.05, 0.1) is 11.9 Å². The van der Waals surface area contributed by atoms with Gasteiger partial charge in [-0.25, -0.2) is 14.3 Å². The molecule has 7 heteroatoms. The molecule has 0 saturated carbocycles. The molecular formula is C17H18ClN5O. The molecule has 0 aliphatic rings. The largest absolute Gasteiger partial charge is 0.338 e. The number of aromatic nitrogens is 3. The number of benzene rings is 1. The molecule has 1 unspecified atom stereocenters. The molecule has 0 spiro atoms. The molecule has 3 rings (SSSR count). The van der Waals surface area contributed by atoms with Crippen LogP contribution in [0.4, 0.5) is 4.79 Å². The SMILES string of the molecule is CCNC(=O)NC(c1c(C)cccc1Cl)c1cnc2cccnn12. The van der Waals surface area contributed by atoms with E-state index in [9.17, 15) is 4.79 Å². The van der Waals surface area contributed by atoms with Crippen LogP contribution in [0.25, 0.3) is 5.65 Å². The Kier molecular flexibility index (Phi) is 4.66. The molecular weight excluding hydrogens is 326 g/mol. The third-order valence-electron chi connectivity index (χ3n) is 3.77. The Hall–Kier alpha value is -2.60. The quantitative estimate of drug-likeness (QED) is 0.764. The summed E-state index contributed by atoms with van der Waals surface area (Å²) in [6.07, 6.45) is 3.39.